The van der Waals surface area contributed by atoms with Gasteiger partial charge in [0.1, 0.15) is 5.69 Å². The van der Waals surface area contributed by atoms with E-state index in [0.29, 0.717) is 24.3 Å². The van der Waals surface area contributed by atoms with Crippen molar-refractivity contribution in [2.75, 3.05) is 25.0 Å². The number of benzene rings is 1. The van der Waals surface area contributed by atoms with E-state index in [1.165, 1.54) is 29.2 Å². The molecular formula is C27H36F3N5O3S+2. The number of urea groups is 1. The second-order valence-electron chi connectivity index (χ2n) is 9.98. The quantitative estimate of drug-likeness (QED) is 0.299. The fraction of sp³-hybridized carbons (Fsp3) is 0.481. The zero-order chi connectivity index (χ0) is 28.8. The zero-order valence-corrected chi connectivity index (χ0v) is 23.5. The summed E-state index contributed by atoms with van der Waals surface area (Å²) in [5, 5.41) is 2.86. The molecule has 1 aliphatic rings. The minimum Gasteiger partial charge on any atom is -0.303 e. The maximum atomic E-state index is 13.4. The van der Waals surface area contributed by atoms with E-state index in [2.05, 4.69) is 29.0 Å². The van der Waals surface area contributed by atoms with Gasteiger partial charge in [-0.3, -0.25) is 4.90 Å². The molecule has 3 N–H and O–H groups in total. The first-order chi connectivity index (χ1) is 18.4. The molecule has 4 amide bonds. The molecule has 0 saturated carbocycles. The van der Waals surface area contributed by atoms with E-state index < -0.39 is 23.0 Å². The van der Waals surface area contributed by atoms with Gasteiger partial charge in [0, 0.05) is 29.6 Å². The smallest absolute Gasteiger partial charge is 0.303 e. The van der Waals surface area contributed by atoms with Crippen molar-refractivity contribution in [3.05, 3.63) is 48.2 Å². The largest absolute Gasteiger partial charge is 0.446 e. The van der Waals surface area contributed by atoms with E-state index in [1.807, 2.05) is 0 Å². The van der Waals surface area contributed by atoms with Gasteiger partial charge in [-0.2, -0.15) is 18.1 Å². The van der Waals surface area contributed by atoms with Crippen LogP contribution in [-0.2, 0) is 16.1 Å². The SMILES string of the molecule is CCCN(CCC)CCC(=O)Nc1cc(CN2C(=O)[NH+](c3ccc(SC(F)(F)F)cc3)C(=O)C2(C)C)cc[nH+]1. The Bertz CT molecular complexity index is 1170. The van der Waals surface area contributed by atoms with Crippen LogP contribution in [0.15, 0.2) is 47.5 Å². The molecule has 0 radical (unpaired) electrons. The number of nitrogens with one attached hydrogen (secondary N) is 3. The second-order valence-corrected chi connectivity index (χ2v) is 11.1. The summed E-state index contributed by atoms with van der Waals surface area (Å²) >= 11 is -0.255. The van der Waals surface area contributed by atoms with E-state index in [1.54, 1.807) is 32.2 Å². The molecule has 1 saturated heterocycles. The first-order valence-corrected chi connectivity index (χ1v) is 13.8. The van der Waals surface area contributed by atoms with Gasteiger partial charge in [-0.15, -0.1) is 0 Å². The van der Waals surface area contributed by atoms with Crippen LogP contribution < -0.4 is 15.2 Å². The van der Waals surface area contributed by atoms with Crippen LogP contribution in [0.3, 0.4) is 0 Å². The van der Waals surface area contributed by atoms with E-state index in [0.717, 1.165) is 25.9 Å². The van der Waals surface area contributed by atoms with Crippen LogP contribution in [0.2, 0.25) is 0 Å². The molecule has 212 valence electrons. The number of alkyl halides is 3. The monoisotopic (exact) mass is 567 g/mol. The van der Waals surface area contributed by atoms with Crippen molar-refractivity contribution in [1.29, 1.82) is 0 Å². The van der Waals surface area contributed by atoms with Crippen LogP contribution >= 0.6 is 11.8 Å². The number of hydrogen-bond acceptors (Lipinski definition) is 5. The van der Waals surface area contributed by atoms with Gasteiger partial charge in [-0.05, 0) is 75.3 Å². The average Bonchev–Trinajstić information content (AvgIpc) is 3.02. The number of anilines is 1. The van der Waals surface area contributed by atoms with Crippen LogP contribution in [0, 0.1) is 0 Å². The summed E-state index contributed by atoms with van der Waals surface area (Å²) in [5.41, 5.74) is -4.60. The summed E-state index contributed by atoms with van der Waals surface area (Å²) < 4.78 is 38.0. The van der Waals surface area contributed by atoms with Gasteiger partial charge in [-0.1, -0.05) is 13.8 Å². The van der Waals surface area contributed by atoms with Crippen molar-refractivity contribution in [2.45, 2.75) is 69.4 Å². The van der Waals surface area contributed by atoms with Crippen LogP contribution in [0.4, 0.5) is 29.5 Å². The zero-order valence-electron chi connectivity index (χ0n) is 22.7. The van der Waals surface area contributed by atoms with E-state index in [-0.39, 0.29) is 39.7 Å². The highest BCUT2D eigenvalue weighted by molar-refractivity contribution is 8.00. The van der Waals surface area contributed by atoms with Crippen molar-refractivity contribution in [3.63, 3.8) is 0 Å². The lowest BCUT2D eigenvalue weighted by Crippen LogP contribution is -3.11. The van der Waals surface area contributed by atoms with Crippen LogP contribution in [0.5, 0.6) is 0 Å². The number of halogens is 3. The van der Waals surface area contributed by atoms with E-state index in [9.17, 15) is 27.6 Å². The third-order valence-corrected chi connectivity index (χ3v) is 7.25. The highest BCUT2D eigenvalue weighted by atomic mass is 32.2. The predicted octanol–water partition coefficient (Wildman–Crippen LogP) is 4.02. The lowest BCUT2D eigenvalue weighted by Gasteiger charge is -2.24. The number of amides is 4. The van der Waals surface area contributed by atoms with Crippen molar-refractivity contribution in [1.82, 2.24) is 9.80 Å². The number of pyridine rings is 1. The summed E-state index contributed by atoms with van der Waals surface area (Å²) in [6.07, 6.45) is 4.05. The molecule has 2 heterocycles. The maximum absolute atomic E-state index is 13.4. The van der Waals surface area contributed by atoms with Gasteiger partial charge in [0.25, 0.3) is 5.82 Å². The highest BCUT2D eigenvalue weighted by Crippen LogP contribution is 2.37. The van der Waals surface area contributed by atoms with Gasteiger partial charge in [0.05, 0.1) is 19.2 Å². The Morgan fingerprint density at radius 3 is 2.31 bits per heavy atom. The van der Waals surface area contributed by atoms with Crippen molar-refractivity contribution >= 4 is 41.1 Å². The van der Waals surface area contributed by atoms with Gasteiger partial charge in [0.2, 0.25) is 0 Å². The lowest BCUT2D eigenvalue weighted by molar-refractivity contribution is -0.650. The minimum atomic E-state index is -4.43. The Kier molecular flexibility index (Phi) is 10.1. The molecule has 1 aliphatic heterocycles. The molecule has 8 nitrogen and oxygen atoms in total. The number of rotatable bonds is 12. The molecule has 1 unspecified atom stereocenters. The highest BCUT2D eigenvalue weighted by Gasteiger charge is 2.57. The van der Waals surface area contributed by atoms with Crippen LogP contribution in [0.1, 0.15) is 52.5 Å². The van der Waals surface area contributed by atoms with Crippen LogP contribution in [-0.4, -0.2) is 58.3 Å². The van der Waals surface area contributed by atoms with Gasteiger partial charge < -0.3 is 4.90 Å². The molecule has 39 heavy (non-hydrogen) atoms. The standard InChI is InChI=1S/C27H34F3N5O3S/c1-5-14-33(15-6-2)16-12-23(36)32-22-17-19(11-13-31-22)18-34-25(38)35(24(37)26(34,3)4)20-7-9-21(10-8-20)39-27(28,29)30/h7-11,13,17H,5-6,12,14-16,18H2,1-4H3,(H,31,32,36)/p+2. The van der Waals surface area contributed by atoms with Gasteiger partial charge in [-0.25, -0.2) is 24.7 Å². The molecule has 3 rings (SSSR count). The summed E-state index contributed by atoms with van der Waals surface area (Å²) in [6.45, 7) is 10.2. The third kappa shape index (κ3) is 8.02. The lowest BCUT2D eigenvalue weighted by atomic mass is 10.0. The summed E-state index contributed by atoms with van der Waals surface area (Å²) in [7, 11) is 0. The van der Waals surface area contributed by atoms with Gasteiger partial charge in [0.15, 0.2) is 5.54 Å². The van der Waals surface area contributed by atoms with Gasteiger partial charge >= 0.3 is 23.4 Å². The number of aromatic nitrogens is 1. The van der Waals surface area contributed by atoms with E-state index >= 15 is 0 Å². The number of nitrogens with zero attached hydrogens (tertiary/aromatic N) is 2. The predicted molar refractivity (Wildman–Crippen MR) is 142 cm³/mol. The topological polar surface area (TPSA) is 88.3 Å². The van der Waals surface area contributed by atoms with Crippen molar-refractivity contribution in [2.24, 2.45) is 0 Å². The number of carbonyl (C=O) groups is 3. The molecule has 0 bridgehead atoms. The molecule has 12 heteroatoms. The molecular weight excluding hydrogens is 531 g/mol. The number of thioether (sulfide) groups is 1. The molecule has 1 fully saturated rings. The Morgan fingerprint density at radius 1 is 1.08 bits per heavy atom. The Hall–Kier alpha value is -2.96. The summed E-state index contributed by atoms with van der Waals surface area (Å²) in [5.74, 6) is -0.0488. The number of H-pyrrole nitrogens is 1. The molecule has 0 aliphatic carbocycles. The molecule has 1 aromatic heterocycles. The number of aromatic amines is 1. The summed E-state index contributed by atoms with van der Waals surface area (Å²) in [4.78, 5) is 45.8. The average molecular weight is 568 g/mol. The maximum Gasteiger partial charge on any atom is 0.446 e. The Morgan fingerprint density at radius 2 is 1.72 bits per heavy atom. The van der Waals surface area contributed by atoms with Crippen molar-refractivity contribution in [3.8, 4) is 0 Å². The van der Waals surface area contributed by atoms with Crippen LogP contribution in [0.25, 0.3) is 0 Å². The number of hydrogen-bond donors (Lipinski definition) is 2. The molecule has 0 spiro atoms. The third-order valence-electron chi connectivity index (χ3n) is 6.51. The van der Waals surface area contributed by atoms with E-state index in [4.69, 9.17) is 0 Å². The normalized spacial score (nSPS) is 17.2. The fourth-order valence-corrected chi connectivity index (χ4v) is 5.11. The molecule has 1 aromatic carbocycles. The number of carbonyl (C=O) groups excluding carboxylic acids is 3. The Labute approximate surface area is 230 Å². The molecule has 2 aromatic rings. The van der Waals surface area contributed by atoms with Crippen molar-refractivity contribution < 1.29 is 37.4 Å². The number of imide groups is 1. The second kappa shape index (κ2) is 12.9. The fourth-order valence-electron chi connectivity index (χ4n) is 4.57. The Balaban J connectivity index is 1.69. The first kappa shape index (κ1) is 30.6. The summed E-state index contributed by atoms with van der Waals surface area (Å²) in [6, 6.07) is 8.23. The molecule has 1 atom stereocenters. The number of quaternary nitrogens is 1. The first-order valence-electron chi connectivity index (χ1n) is 13.0. The minimum absolute atomic E-state index is 0.0283.